The van der Waals surface area contributed by atoms with Crippen molar-refractivity contribution in [3.05, 3.63) is 0 Å². The highest BCUT2D eigenvalue weighted by atomic mass is 16.5. The number of hydrogen-bond acceptors (Lipinski definition) is 2. The Labute approximate surface area is 86.6 Å². The van der Waals surface area contributed by atoms with Crippen LogP contribution in [0.15, 0.2) is 0 Å². The summed E-state index contributed by atoms with van der Waals surface area (Å²) in [6, 6.07) is 0. The summed E-state index contributed by atoms with van der Waals surface area (Å²) in [4.78, 5) is 0. The molecule has 1 heterocycles. The second kappa shape index (κ2) is 4.19. The Kier molecular flexibility index (Phi) is 3.13. The summed E-state index contributed by atoms with van der Waals surface area (Å²) in [5, 5.41) is 9.11. The Bertz CT molecular complexity index is 193. The van der Waals surface area contributed by atoms with Gasteiger partial charge in [-0.05, 0) is 31.6 Å². The number of hydrogen-bond donors (Lipinski definition) is 1. The number of rotatable bonds is 2. The quantitative estimate of drug-likeness (QED) is 0.738. The third-order valence-electron chi connectivity index (χ3n) is 4.13. The van der Waals surface area contributed by atoms with Gasteiger partial charge in [-0.25, -0.2) is 0 Å². The molecule has 2 aliphatic rings. The standard InChI is InChI=1S/C12H22O2/c1-2-10-5-3-4-7-12(10)8-6-11(9-13)14-12/h10-11,13H,2-9H2,1H3/t10-,11+,12-/m1/s1. The molecule has 1 spiro atoms. The largest absolute Gasteiger partial charge is 0.394 e. The van der Waals surface area contributed by atoms with Crippen molar-refractivity contribution in [2.24, 2.45) is 5.92 Å². The lowest BCUT2D eigenvalue weighted by Crippen LogP contribution is -2.40. The predicted octanol–water partition coefficient (Wildman–Crippen LogP) is 2.50. The van der Waals surface area contributed by atoms with Crippen molar-refractivity contribution in [1.82, 2.24) is 0 Å². The highest BCUT2D eigenvalue weighted by Gasteiger charge is 2.46. The van der Waals surface area contributed by atoms with Crippen LogP contribution in [-0.4, -0.2) is 23.4 Å². The summed E-state index contributed by atoms with van der Waals surface area (Å²) < 4.78 is 6.09. The molecule has 3 atom stereocenters. The van der Waals surface area contributed by atoms with Crippen molar-refractivity contribution in [2.75, 3.05) is 6.61 Å². The van der Waals surface area contributed by atoms with Crippen molar-refractivity contribution >= 4 is 0 Å². The van der Waals surface area contributed by atoms with Gasteiger partial charge in [0.1, 0.15) is 0 Å². The van der Waals surface area contributed by atoms with E-state index >= 15 is 0 Å². The molecule has 0 aromatic carbocycles. The lowest BCUT2D eigenvalue weighted by Gasteiger charge is -2.41. The fourth-order valence-corrected chi connectivity index (χ4v) is 3.33. The van der Waals surface area contributed by atoms with Gasteiger partial charge < -0.3 is 9.84 Å². The van der Waals surface area contributed by atoms with Crippen molar-refractivity contribution < 1.29 is 9.84 Å². The summed E-state index contributed by atoms with van der Waals surface area (Å²) in [6.45, 7) is 2.48. The van der Waals surface area contributed by atoms with E-state index in [2.05, 4.69) is 6.92 Å². The van der Waals surface area contributed by atoms with Gasteiger partial charge in [-0.1, -0.05) is 26.2 Å². The Hall–Kier alpha value is -0.0800. The first-order chi connectivity index (χ1) is 6.80. The molecule has 0 bridgehead atoms. The molecule has 1 aliphatic carbocycles. The van der Waals surface area contributed by atoms with Crippen LogP contribution in [0, 0.1) is 5.92 Å². The second-order valence-electron chi connectivity index (χ2n) is 4.88. The topological polar surface area (TPSA) is 29.5 Å². The van der Waals surface area contributed by atoms with E-state index in [9.17, 15) is 0 Å². The van der Waals surface area contributed by atoms with Gasteiger partial charge in [-0.2, -0.15) is 0 Å². The maximum atomic E-state index is 9.11. The van der Waals surface area contributed by atoms with Crippen LogP contribution in [0.4, 0.5) is 0 Å². The highest BCUT2D eigenvalue weighted by Crippen LogP contribution is 2.46. The van der Waals surface area contributed by atoms with Gasteiger partial charge >= 0.3 is 0 Å². The van der Waals surface area contributed by atoms with Crippen LogP contribution in [0.3, 0.4) is 0 Å². The van der Waals surface area contributed by atoms with Gasteiger partial charge in [0.15, 0.2) is 0 Å². The van der Waals surface area contributed by atoms with Gasteiger partial charge in [0.2, 0.25) is 0 Å². The lowest BCUT2D eigenvalue weighted by molar-refractivity contribution is -0.111. The minimum absolute atomic E-state index is 0.127. The molecule has 0 aromatic rings. The maximum Gasteiger partial charge on any atom is 0.0814 e. The molecule has 82 valence electrons. The molecule has 14 heavy (non-hydrogen) atoms. The van der Waals surface area contributed by atoms with E-state index in [-0.39, 0.29) is 18.3 Å². The Morgan fingerprint density at radius 1 is 1.29 bits per heavy atom. The summed E-state index contributed by atoms with van der Waals surface area (Å²) in [7, 11) is 0. The average molecular weight is 198 g/mol. The van der Waals surface area contributed by atoms with Crippen LogP contribution in [0.25, 0.3) is 0 Å². The van der Waals surface area contributed by atoms with E-state index in [1.54, 1.807) is 0 Å². The van der Waals surface area contributed by atoms with E-state index in [0.29, 0.717) is 0 Å². The lowest BCUT2D eigenvalue weighted by atomic mass is 9.72. The Balaban J connectivity index is 2.05. The fourth-order valence-electron chi connectivity index (χ4n) is 3.33. The number of aliphatic hydroxyl groups excluding tert-OH is 1. The monoisotopic (exact) mass is 198 g/mol. The Morgan fingerprint density at radius 2 is 2.14 bits per heavy atom. The van der Waals surface area contributed by atoms with Crippen LogP contribution in [0.1, 0.15) is 51.9 Å². The third kappa shape index (κ3) is 1.70. The van der Waals surface area contributed by atoms with Crippen LogP contribution >= 0.6 is 0 Å². The van der Waals surface area contributed by atoms with Gasteiger partial charge in [-0.3, -0.25) is 0 Å². The predicted molar refractivity (Wildman–Crippen MR) is 56.2 cm³/mol. The normalized spacial score (nSPS) is 43.3. The van der Waals surface area contributed by atoms with Crippen LogP contribution in [-0.2, 0) is 4.74 Å². The van der Waals surface area contributed by atoms with Gasteiger partial charge in [0.25, 0.3) is 0 Å². The minimum atomic E-state index is 0.127. The van der Waals surface area contributed by atoms with Crippen LogP contribution in [0.2, 0.25) is 0 Å². The smallest absolute Gasteiger partial charge is 0.0814 e. The molecule has 1 saturated carbocycles. The molecule has 0 amide bonds. The first-order valence-corrected chi connectivity index (χ1v) is 6.09. The summed E-state index contributed by atoms with van der Waals surface area (Å²) in [5.74, 6) is 0.743. The van der Waals surface area contributed by atoms with Crippen molar-refractivity contribution in [3.63, 3.8) is 0 Å². The summed E-state index contributed by atoms with van der Waals surface area (Å²) >= 11 is 0. The van der Waals surface area contributed by atoms with E-state index in [1.807, 2.05) is 0 Å². The molecule has 2 rings (SSSR count). The number of ether oxygens (including phenoxy) is 1. The zero-order chi connectivity index (χ0) is 10.0. The van der Waals surface area contributed by atoms with Crippen LogP contribution < -0.4 is 0 Å². The molecular weight excluding hydrogens is 176 g/mol. The van der Waals surface area contributed by atoms with E-state index in [1.165, 1.54) is 38.5 Å². The molecule has 2 nitrogen and oxygen atoms in total. The molecule has 2 heteroatoms. The minimum Gasteiger partial charge on any atom is -0.394 e. The molecule has 1 aliphatic heterocycles. The second-order valence-corrected chi connectivity index (χ2v) is 4.88. The fraction of sp³-hybridized carbons (Fsp3) is 1.00. The van der Waals surface area contributed by atoms with Gasteiger partial charge in [0, 0.05) is 0 Å². The molecule has 0 unspecified atom stereocenters. The van der Waals surface area contributed by atoms with E-state index < -0.39 is 0 Å². The SMILES string of the molecule is CC[C@@H]1CCCC[C@@]12CC[C@@H](CO)O2. The van der Waals surface area contributed by atoms with Gasteiger partial charge in [0.05, 0.1) is 18.3 Å². The Morgan fingerprint density at radius 3 is 2.79 bits per heavy atom. The zero-order valence-electron chi connectivity index (χ0n) is 9.17. The highest BCUT2D eigenvalue weighted by molar-refractivity contribution is 4.96. The molecule has 0 radical (unpaired) electrons. The maximum absolute atomic E-state index is 9.11. The van der Waals surface area contributed by atoms with E-state index in [4.69, 9.17) is 9.84 Å². The first-order valence-electron chi connectivity index (χ1n) is 6.09. The zero-order valence-corrected chi connectivity index (χ0v) is 9.17. The molecule has 1 saturated heterocycles. The molecule has 0 aromatic heterocycles. The summed E-state index contributed by atoms with van der Waals surface area (Å²) in [5.41, 5.74) is 0.153. The van der Waals surface area contributed by atoms with Crippen molar-refractivity contribution in [3.8, 4) is 0 Å². The first kappa shape index (κ1) is 10.4. The van der Waals surface area contributed by atoms with Crippen LogP contribution in [0.5, 0.6) is 0 Å². The molecule has 2 fully saturated rings. The summed E-state index contributed by atoms with van der Waals surface area (Å²) in [6.07, 6.45) is 8.84. The van der Waals surface area contributed by atoms with E-state index in [0.717, 1.165) is 12.3 Å². The number of aliphatic hydroxyl groups is 1. The average Bonchev–Trinajstić information content (AvgIpc) is 2.63. The van der Waals surface area contributed by atoms with Crippen molar-refractivity contribution in [2.45, 2.75) is 63.6 Å². The third-order valence-corrected chi connectivity index (χ3v) is 4.13. The molecular formula is C12H22O2. The van der Waals surface area contributed by atoms with Gasteiger partial charge in [-0.15, -0.1) is 0 Å². The molecule has 1 N–H and O–H groups in total. The van der Waals surface area contributed by atoms with Crippen molar-refractivity contribution in [1.29, 1.82) is 0 Å².